The molecule has 0 spiro atoms. The number of hydrogen-bond acceptors (Lipinski definition) is 14. The average Bonchev–Trinajstić information content (AvgIpc) is 2.93. The molecule has 0 amide bonds. The van der Waals surface area contributed by atoms with Crippen molar-refractivity contribution in [3.05, 3.63) is 53.3 Å². The van der Waals surface area contributed by atoms with Gasteiger partial charge in [-0.05, 0) is 18.2 Å². The summed E-state index contributed by atoms with van der Waals surface area (Å²) in [5.74, 6) is -0.516. The fourth-order valence-corrected chi connectivity index (χ4v) is 4.70. The predicted molar refractivity (Wildman–Crippen MR) is 131 cm³/mol. The Morgan fingerprint density at radius 2 is 1.55 bits per heavy atom. The first-order chi connectivity index (χ1) is 19.1. The fraction of sp³-hybridized carbons (Fsp3) is 0.462. The molecule has 9 N–H and O–H groups in total. The first-order valence-corrected chi connectivity index (χ1v) is 12.4. The maximum Gasteiger partial charge on any atom is 0.229 e. The highest BCUT2D eigenvalue weighted by Crippen LogP contribution is 2.45. The van der Waals surface area contributed by atoms with E-state index in [1.165, 1.54) is 36.4 Å². The summed E-state index contributed by atoms with van der Waals surface area (Å²) in [4.78, 5) is 0. The number of phenols is 3. The molecule has 2 aromatic rings. The van der Waals surface area contributed by atoms with Crippen molar-refractivity contribution in [2.75, 3.05) is 13.2 Å². The zero-order chi connectivity index (χ0) is 28.7. The van der Waals surface area contributed by atoms with Crippen LogP contribution in [0.5, 0.6) is 23.0 Å². The molecule has 0 radical (unpaired) electrons. The number of hydrogen-bond donors (Lipinski definition) is 9. The molecule has 40 heavy (non-hydrogen) atoms. The standard InChI is InChI=1S/C26H30O14/c27-8-18-20(33)21(34)24(40-25-22(35)19(32)15(31)9-36-25)26(39-18)38-17-7-13-14(30)5-12(29)6-16(13)37-23(17)10-1-3-11(28)4-2-10/h1-7,15,18-35H,8-9H2. The monoisotopic (exact) mass is 566 g/mol. The van der Waals surface area contributed by atoms with Gasteiger partial charge in [-0.3, -0.25) is 0 Å². The maximum absolute atomic E-state index is 10.9. The van der Waals surface area contributed by atoms with Crippen molar-refractivity contribution in [3.63, 3.8) is 0 Å². The van der Waals surface area contributed by atoms with Crippen LogP contribution >= 0.6 is 0 Å². The number of aromatic hydroxyl groups is 3. The van der Waals surface area contributed by atoms with Crippen LogP contribution in [0.3, 0.4) is 0 Å². The van der Waals surface area contributed by atoms with Gasteiger partial charge in [0.1, 0.15) is 65.4 Å². The molecule has 3 aliphatic heterocycles. The third kappa shape index (κ3) is 5.41. The van der Waals surface area contributed by atoms with Crippen molar-refractivity contribution in [3.8, 4) is 23.0 Å². The molecule has 5 rings (SSSR count). The molecule has 2 aromatic carbocycles. The fourth-order valence-electron chi connectivity index (χ4n) is 4.70. The second-order valence-corrected chi connectivity index (χ2v) is 9.69. The van der Waals surface area contributed by atoms with E-state index >= 15 is 0 Å². The number of aliphatic hydroxyl groups is 6. The predicted octanol–water partition coefficient (Wildman–Crippen LogP) is -1.44. The third-order valence-corrected chi connectivity index (χ3v) is 6.91. The minimum atomic E-state index is -1.74. The van der Waals surface area contributed by atoms with E-state index in [1.807, 2.05) is 0 Å². The number of phenolic OH excluding ortho intramolecular Hbond substituents is 3. The molecule has 14 nitrogen and oxygen atoms in total. The van der Waals surface area contributed by atoms with E-state index < -0.39 is 74.6 Å². The molecule has 14 heteroatoms. The summed E-state index contributed by atoms with van der Waals surface area (Å²) in [6.45, 7) is -1.11. The van der Waals surface area contributed by atoms with Crippen LogP contribution in [0.1, 0.15) is 17.2 Å². The second-order valence-electron chi connectivity index (χ2n) is 9.69. The highest BCUT2D eigenvalue weighted by molar-refractivity contribution is 5.69. The third-order valence-electron chi connectivity index (χ3n) is 6.91. The Bertz CT molecular complexity index is 1220. The van der Waals surface area contributed by atoms with Gasteiger partial charge in [-0.1, -0.05) is 12.1 Å². The largest absolute Gasteiger partial charge is 0.508 e. The normalized spacial score (nSPS) is 35.8. The number of ether oxygens (including phenoxy) is 5. The molecular formula is C26H30O14. The van der Waals surface area contributed by atoms with Gasteiger partial charge in [0.15, 0.2) is 18.5 Å². The summed E-state index contributed by atoms with van der Waals surface area (Å²) < 4.78 is 28.8. The van der Waals surface area contributed by atoms with Gasteiger partial charge >= 0.3 is 0 Å². The van der Waals surface area contributed by atoms with E-state index in [0.29, 0.717) is 5.56 Å². The van der Waals surface area contributed by atoms with Gasteiger partial charge in [0.25, 0.3) is 0 Å². The van der Waals surface area contributed by atoms with E-state index in [0.717, 1.165) is 6.07 Å². The van der Waals surface area contributed by atoms with E-state index in [-0.39, 0.29) is 34.3 Å². The first-order valence-electron chi connectivity index (χ1n) is 12.4. The smallest absolute Gasteiger partial charge is 0.229 e. The summed E-state index contributed by atoms with van der Waals surface area (Å²) in [6.07, 6.45) is -13.8. The van der Waals surface area contributed by atoms with Crippen molar-refractivity contribution < 1.29 is 69.6 Å². The van der Waals surface area contributed by atoms with Gasteiger partial charge in [0.2, 0.25) is 6.29 Å². The molecule has 0 aromatic heterocycles. The van der Waals surface area contributed by atoms with Crippen LogP contribution in [0.15, 0.2) is 42.2 Å². The summed E-state index contributed by atoms with van der Waals surface area (Å²) in [6, 6.07) is 8.24. The van der Waals surface area contributed by atoms with Gasteiger partial charge in [-0.2, -0.15) is 0 Å². The van der Waals surface area contributed by atoms with E-state index in [2.05, 4.69) is 0 Å². The Labute approximate surface area is 227 Å². The number of rotatable bonds is 6. The first kappa shape index (κ1) is 28.4. The van der Waals surface area contributed by atoms with Gasteiger partial charge < -0.3 is 69.6 Å². The van der Waals surface area contributed by atoms with Gasteiger partial charge in [-0.25, -0.2) is 0 Å². The molecule has 0 saturated carbocycles. The Kier molecular flexibility index (Phi) is 8.05. The van der Waals surface area contributed by atoms with E-state index in [9.17, 15) is 46.0 Å². The highest BCUT2D eigenvalue weighted by atomic mass is 16.8. The second kappa shape index (κ2) is 11.4. The van der Waals surface area contributed by atoms with Crippen LogP contribution in [0, 0.1) is 0 Å². The number of fused-ring (bicyclic) bond motifs is 1. The van der Waals surface area contributed by atoms with Crippen molar-refractivity contribution in [2.45, 2.75) is 61.4 Å². The summed E-state index contributed by atoms with van der Waals surface area (Å²) in [5.41, 5.74) is 0.604. The molecule has 3 heterocycles. The Morgan fingerprint density at radius 1 is 0.825 bits per heavy atom. The summed E-state index contributed by atoms with van der Waals surface area (Å²) >= 11 is 0. The van der Waals surface area contributed by atoms with E-state index in [1.54, 1.807) is 0 Å². The molecule has 0 bridgehead atoms. The lowest BCUT2D eigenvalue weighted by atomic mass is 9.98. The van der Waals surface area contributed by atoms with Crippen molar-refractivity contribution in [2.24, 2.45) is 0 Å². The maximum atomic E-state index is 10.9. The minimum absolute atomic E-state index is 0.00127. The van der Waals surface area contributed by atoms with Crippen LogP contribution in [-0.4, -0.2) is 114 Å². The van der Waals surface area contributed by atoms with Crippen molar-refractivity contribution >= 4 is 6.08 Å². The quantitative estimate of drug-likeness (QED) is 0.195. The summed E-state index contributed by atoms with van der Waals surface area (Å²) in [5, 5.41) is 91.3. The summed E-state index contributed by atoms with van der Waals surface area (Å²) in [7, 11) is 0. The van der Waals surface area contributed by atoms with Crippen LogP contribution < -0.4 is 4.74 Å². The molecule has 3 aliphatic rings. The zero-order valence-electron chi connectivity index (χ0n) is 20.8. The van der Waals surface area contributed by atoms with Crippen molar-refractivity contribution in [1.82, 2.24) is 0 Å². The van der Waals surface area contributed by atoms with E-state index in [4.69, 9.17) is 23.7 Å². The molecule has 10 unspecified atom stereocenters. The Morgan fingerprint density at radius 3 is 2.25 bits per heavy atom. The number of aliphatic hydroxyl groups excluding tert-OH is 6. The average molecular weight is 567 g/mol. The molecular weight excluding hydrogens is 536 g/mol. The Hall–Kier alpha value is -3.18. The zero-order valence-corrected chi connectivity index (χ0v) is 20.8. The molecule has 10 atom stereocenters. The lowest BCUT2D eigenvalue weighted by Crippen LogP contribution is -2.63. The Balaban J connectivity index is 1.50. The van der Waals surface area contributed by atoms with Crippen molar-refractivity contribution in [1.29, 1.82) is 0 Å². The van der Waals surface area contributed by atoms with Crippen LogP contribution in [0.25, 0.3) is 6.08 Å². The molecule has 0 aliphatic carbocycles. The van der Waals surface area contributed by atoms with Gasteiger partial charge in [0.05, 0.1) is 18.8 Å². The van der Waals surface area contributed by atoms with Gasteiger partial charge in [0, 0.05) is 17.7 Å². The lowest BCUT2D eigenvalue weighted by Gasteiger charge is -2.45. The SMILES string of the molecule is OCC1OC(OC2=Cc3c(O)cc(O)cc3OC2c2ccc(O)cc2)C(OC2OCC(O)C(O)C2O)C(O)C1O. The van der Waals surface area contributed by atoms with Crippen LogP contribution in [0.4, 0.5) is 0 Å². The number of benzene rings is 2. The molecule has 2 fully saturated rings. The topological polar surface area (TPSA) is 228 Å². The van der Waals surface area contributed by atoms with Crippen LogP contribution in [-0.2, 0) is 18.9 Å². The molecule has 218 valence electrons. The lowest BCUT2D eigenvalue weighted by molar-refractivity contribution is -0.352. The van der Waals surface area contributed by atoms with Crippen LogP contribution in [0.2, 0.25) is 0 Å². The van der Waals surface area contributed by atoms with Gasteiger partial charge in [-0.15, -0.1) is 0 Å². The molecule has 2 saturated heterocycles. The highest BCUT2D eigenvalue weighted by Gasteiger charge is 2.50. The minimum Gasteiger partial charge on any atom is -0.508 e.